The number of hydrogen-bond donors (Lipinski definition) is 1. The number of carboxylic acid groups (broad SMARTS) is 1. The molecule has 0 atom stereocenters. The summed E-state index contributed by atoms with van der Waals surface area (Å²) in [5, 5.41) is 19.2. The third-order valence-corrected chi connectivity index (χ3v) is 5.26. The molecule has 0 saturated carbocycles. The van der Waals surface area contributed by atoms with Crippen molar-refractivity contribution in [3.8, 4) is 17.6 Å². The van der Waals surface area contributed by atoms with Gasteiger partial charge in [-0.1, -0.05) is 35.9 Å². The van der Waals surface area contributed by atoms with Gasteiger partial charge in [-0.25, -0.2) is 4.79 Å². The van der Waals surface area contributed by atoms with E-state index in [1.165, 1.54) is 19.2 Å². The highest BCUT2D eigenvalue weighted by Crippen LogP contribution is 2.38. The lowest BCUT2D eigenvalue weighted by Crippen LogP contribution is -2.01. The smallest absolute Gasteiger partial charge is 0.335 e. The number of benzene rings is 3. The molecule has 0 unspecified atom stereocenters. The fourth-order valence-electron chi connectivity index (χ4n) is 2.84. The first-order valence-corrected chi connectivity index (χ1v) is 10.3. The molecular formula is C24H17BrClNO4. The largest absolute Gasteiger partial charge is 0.493 e. The van der Waals surface area contributed by atoms with Crippen molar-refractivity contribution in [3.63, 3.8) is 0 Å². The number of halogens is 2. The number of allylic oxidation sites excluding steroid dienone is 1. The molecule has 0 amide bonds. The van der Waals surface area contributed by atoms with Crippen molar-refractivity contribution >= 4 is 45.1 Å². The van der Waals surface area contributed by atoms with Crippen LogP contribution in [-0.2, 0) is 6.61 Å². The van der Waals surface area contributed by atoms with E-state index >= 15 is 0 Å². The number of hydrogen-bond acceptors (Lipinski definition) is 4. The molecule has 0 saturated heterocycles. The summed E-state index contributed by atoms with van der Waals surface area (Å²) in [5.41, 5.74) is 3.03. The number of carboxylic acids is 1. The Morgan fingerprint density at radius 3 is 2.35 bits per heavy atom. The average molecular weight is 499 g/mol. The summed E-state index contributed by atoms with van der Waals surface area (Å²) in [6.07, 6.45) is 1.75. The predicted molar refractivity (Wildman–Crippen MR) is 123 cm³/mol. The standard InChI is InChI=1S/C24H17BrClNO4/c1-30-22-12-16(10-19(13-27)17-6-8-20(26)9-7-17)11-21(25)23(22)31-14-15-2-4-18(5-3-15)24(28)29/h2-12H,14H2,1H3,(H,28,29)/b19-10+. The summed E-state index contributed by atoms with van der Waals surface area (Å²) in [6, 6.07) is 19.3. The van der Waals surface area contributed by atoms with Gasteiger partial charge >= 0.3 is 5.97 Å². The minimum absolute atomic E-state index is 0.215. The summed E-state index contributed by atoms with van der Waals surface area (Å²) in [7, 11) is 1.54. The Morgan fingerprint density at radius 2 is 1.77 bits per heavy atom. The van der Waals surface area contributed by atoms with Crippen molar-refractivity contribution in [2.45, 2.75) is 6.61 Å². The van der Waals surface area contributed by atoms with Crippen LogP contribution >= 0.6 is 27.5 Å². The first kappa shape index (κ1) is 22.4. The van der Waals surface area contributed by atoms with Gasteiger partial charge in [0.2, 0.25) is 0 Å². The maximum atomic E-state index is 11.0. The quantitative estimate of drug-likeness (QED) is 0.299. The third-order valence-electron chi connectivity index (χ3n) is 4.42. The van der Waals surface area contributed by atoms with E-state index in [2.05, 4.69) is 22.0 Å². The number of ether oxygens (including phenoxy) is 2. The van der Waals surface area contributed by atoms with Gasteiger partial charge in [0, 0.05) is 5.02 Å². The van der Waals surface area contributed by atoms with Gasteiger partial charge < -0.3 is 14.6 Å². The number of nitriles is 1. The van der Waals surface area contributed by atoms with Crippen LogP contribution in [0, 0.1) is 11.3 Å². The van der Waals surface area contributed by atoms with Gasteiger partial charge in [0.15, 0.2) is 11.5 Å². The number of nitrogens with zero attached hydrogens (tertiary/aromatic N) is 1. The van der Waals surface area contributed by atoms with Crippen molar-refractivity contribution in [1.82, 2.24) is 0 Å². The molecule has 7 heteroatoms. The zero-order valence-electron chi connectivity index (χ0n) is 16.4. The number of carbonyl (C=O) groups is 1. The lowest BCUT2D eigenvalue weighted by atomic mass is 10.0. The van der Waals surface area contributed by atoms with Crippen LogP contribution in [0.2, 0.25) is 5.02 Å². The molecule has 0 spiro atoms. The summed E-state index contributed by atoms with van der Waals surface area (Å²) in [6.45, 7) is 0.234. The molecular weight excluding hydrogens is 482 g/mol. The van der Waals surface area contributed by atoms with Gasteiger partial charge in [-0.15, -0.1) is 0 Å². The first-order valence-electron chi connectivity index (χ1n) is 9.11. The van der Waals surface area contributed by atoms with Crippen LogP contribution in [0.3, 0.4) is 0 Å². The lowest BCUT2D eigenvalue weighted by molar-refractivity contribution is 0.0697. The summed E-state index contributed by atoms with van der Waals surface area (Å²) in [4.78, 5) is 11.0. The molecule has 0 fully saturated rings. The molecule has 31 heavy (non-hydrogen) atoms. The second-order valence-corrected chi connectivity index (χ2v) is 7.79. The van der Waals surface area contributed by atoms with E-state index in [4.69, 9.17) is 26.2 Å². The monoisotopic (exact) mass is 497 g/mol. The fraction of sp³-hybridized carbons (Fsp3) is 0.0833. The van der Waals surface area contributed by atoms with Crippen LogP contribution in [0.15, 0.2) is 65.1 Å². The van der Waals surface area contributed by atoms with Gasteiger partial charge in [-0.2, -0.15) is 5.26 Å². The molecule has 156 valence electrons. The average Bonchev–Trinajstić information content (AvgIpc) is 2.77. The van der Waals surface area contributed by atoms with Gasteiger partial charge in [0.25, 0.3) is 0 Å². The number of methoxy groups -OCH3 is 1. The maximum Gasteiger partial charge on any atom is 0.335 e. The third kappa shape index (κ3) is 5.66. The highest BCUT2D eigenvalue weighted by Gasteiger charge is 2.13. The van der Waals surface area contributed by atoms with Gasteiger partial charge in [-0.05, 0) is 75.1 Å². The van der Waals surface area contributed by atoms with E-state index in [1.807, 2.05) is 6.07 Å². The molecule has 0 bridgehead atoms. The highest BCUT2D eigenvalue weighted by atomic mass is 79.9. The minimum Gasteiger partial charge on any atom is -0.493 e. The summed E-state index contributed by atoms with van der Waals surface area (Å²) >= 11 is 9.44. The number of rotatable bonds is 7. The van der Waals surface area contributed by atoms with E-state index in [1.54, 1.807) is 48.5 Å². The van der Waals surface area contributed by atoms with Crippen molar-refractivity contribution in [3.05, 3.63) is 92.4 Å². The highest BCUT2D eigenvalue weighted by molar-refractivity contribution is 9.10. The maximum absolute atomic E-state index is 11.0. The predicted octanol–water partition coefficient (Wildman–Crippen LogP) is 6.45. The Balaban J connectivity index is 1.84. The summed E-state index contributed by atoms with van der Waals surface area (Å²) in [5.74, 6) is 0.0269. The molecule has 3 aromatic rings. The van der Waals surface area contributed by atoms with Crippen molar-refractivity contribution < 1.29 is 19.4 Å². The molecule has 3 rings (SSSR count). The summed E-state index contributed by atoms with van der Waals surface area (Å²) < 4.78 is 12.1. The molecule has 0 aliphatic rings. The van der Waals surface area contributed by atoms with Crippen LogP contribution in [-0.4, -0.2) is 18.2 Å². The normalized spacial score (nSPS) is 11.0. The van der Waals surface area contributed by atoms with Crippen LogP contribution < -0.4 is 9.47 Å². The zero-order chi connectivity index (χ0) is 22.4. The lowest BCUT2D eigenvalue weighted by Gasteiger charge is -2.14. The van der Waals surface area contributed by atoms with Crippen LogP contribution in [0.25, 0.3) is 11.6 Å². The molecule has 0 aliphatic heterocycles. The molecule has 1 N–H and O–H groups in total. The van der Waals surface area contributed by atoms with E-state index in [-0.39, 0.29) is 12.2 Å². The van der Waals surface area contributed by atoms with Gasteiger partial charge in [0.1, 0.15) is 6.61 Å². The van der Waals surface area contributed by atoms with E-state index < -0.39 is 5.97 Å². The fourth-order valence-corrected chi connectivity index (χ4v) is 3.54. The molecule has 0 heterocycles. The Morgan fingerprint density at radius 1 is 1.13 bits per heavy atom. The molecule has 0 radical (unpaired) electrons. The van der Waals surface area contributed by atoms with Crippen LogP contribution in [0.1, 0.15) is 27.0 Å². The Bertz CT molecular complexity index is 1170. The molecule has 3 aromatic carbocycles. The molecule has 0 aliphatic carbocycles. The second kappa shape index (κ2) is 10.2. The Kier molecular flexibility index (Phi) is 7.35. The second-order valence-electron chi connectivity index (χ2n) is 6.50. The first-order chi connectivity index (χ1) is 14.9. The van der Waals surface area contributed by atoms with Crippen molar-refractivity contribution in [2.24, 2.45) is 0 Å². The van der Waals surface area contributed by atoms with E-state index in [0.717, 1.165) is 16.7 Å². The van der Waals surface area contributed by atoms with Crippen LogP contribution in [0.4, 0.5) is 0 Å². The van der Waals surface area contributed by atoms with Gasteiger partial charge in [0.05, 0.1) is 28.8 Å². The molecule has 5 nitrogen and oxygen atoms in total. The van der Waals surface area contributed by atoms with Crippen LogP contribution in [0.5, 0.6) is 11.5 Å². The van der Waals surface area contributed by atoms with Crippen molar-refractivity contribution in [1.29, 1.82) is 5.26 Å². The van der Waals surface area contributed by atoms with E-state index in [0.29, 0.717) is 26.6 Å². The zero-order valence-corrected chi connectivity index (χ0v) is 18.8. The van der Waals surface area contributed by atoms with Gasteiger partial charge in [-0.3, -0.25) is 0 Å². The Labute approximate surface area is 193 Å². The SMILES string of the molecule is COc1cc(/C=C(\C#N)c2ccc(Cl)cc2)cc(Br)c1OCc1ccc(C(=O)O)cc1. The topological polar surface area (TPSA) is 79.5 Å². The minimum atomic E-state index is -0.976. The van der Waals surface area contributed by atoms with E-state index in [9.17, 15) is 10.1 Å². The Hall–Kier alpha value is -3.27. The number of aromatic carboxylic acids is 1. The molecule has 0 aromatic heterocycles. The van der Waals surface area contributed by atoms with Crippen molar-refractivity contribution in [2.75, 3.05) is 7.11 Å².